The number of nitrogens with one attached hydrogen (secondary N) is 2. The molecule has 0 aliphatic carbocycles. The van der Waals surface area contributed by atoms with Crippen molar-refractivity contribution < 1.29 is 23.8 Å². The van der Waals surface area contributed by atoms with E-state index in [0.717, 1.165) is 5.56 Å². The minimum Gasteiger partial charge on any atom is -0.444 e. The molecule has 2 amide bonds. The highest BCUT2D eigenvalue weighted by Crippen LogP contribution is 2.15. The van der Waals surface area contributed by atoms with Gasteiger partial charge in [-0.3, -0.25) is 4.79 Å². The number of aromatic nitrogens is 4. The zero-order valence-electron chi connectivity index (χ0n) is 21.1. The van der Waals surface area contributed by atoms with Crippen molar-refractivity contribution in [3.63, 3.8) is 0 Å². The lowest BCUT2D eigenvalue weighted by atomic mass is 10.0. The van der Waals surface area contributed by atoms with Gasteiger partial charge in [0.2, 0.25) is 5.91 Å². The maximum Gasteiger partial charge on any atom is 0.408 e. The highest BCUT2D eigenvalue weighted by molar-refractivity contribution is 7.20. The summed E-state index contributed by atoms with van der Waals surface area (Å²) in [5.74, 6) is -0.0542. The highest BCUT2D eigenvalue weighted by atomic mass is 31.0. The van der Waals surface area contributed by atoms with Crippen LogP contribution in [0.15, 0.2) is 30.3 Å². The number of ether oxygens (including phenoxy) is 3. The van der Waals surface area contributed by atoms with Crippen molar-refractivity contribution >= 4 is 26.3 Å². The van der Waals surface area contributed by atoms with E-state index < -0.39 is 29.2 Å². The number of rotatable bonds is 12. The van der Waals surface area contributed by atoms with E-state index >= 15 is 0 Å². The molecule has 12 heteroatoms. The summed E-state index contributed by atoms with van der Waals surface area (Å²) >= 11 is 0. The van der Waals surface area contributed by atoms with Gasteiger partial charge in [-0.25, -0.2) is 9.48 Å². The molecule has 0 radical (unpaired) electrons. The molecule has 1 heterocycles. The largest absolute Gasteiger partial charge is 0.444 e. The fourth-order valence-corrected chi connectivity index (χ4v) is 3.01. The molecule has 0 aliphatic rings. The lowest BCUT2D eigenvalue weighted by Crippen LogP contribution is -2.56. The van der Waals surface area contributed by atoms with Crippen LogP contribution in [0.4, 0.5) is 4.79 Å². The summed E-state index contributed by atoms with van der Waals surface area (Å²) in [6, 6.07) is 8.98. The minimum atomic E-state index is -1.27. The zero-order chi connectivity index (χ0) is 26.1. The standard InChI is InChI=1S/C23H35N6O5P/c1-16(35)33-13-12-29-19(26-27-28-29)18(15-32-14-17-10-8-7-9-11-17)24-20(30)23(5,6)25-21(31)34-22(2,3)4/h7-11,18,35H,12-15H2,1-6H3,(H,24,30)(H,25,31)/t18-/m1/s1. The molecule has 2 rings (SSSR count). The average molecular weight is 507 g/mol. The van der Waals surface area contributed by atoms with Crippen LogP contribution >= 0.6 is 8.86 Å². The molecule has 192 valence electrons. The van der Waals surface area contributed by atoms with Crippen molar-refractivity contribution in [2.24, 2.45) is 0 Å². The predicted octanol–water partition coefficient (Wildman–Crippen LogP) is 2.66. The first-order chi connectivity index (χ1) is 16.4. The quantitative estimate of drug-likeness (QED) is 0.421. The van der Waals surface area contributed by atoms with Gasteiger partial charge in [-0.15, -0.1) is 5.10 Å². The van der Waals surface area contributed by atoms with Crippen LogP contribution in [0.5, 0.6) is 0 Å². The molecule has 0 unspecified atom stereocenters. The van der Waals surface area contributed by atoms with E-state index in [1.165, 1.54) is 0 Å². The Bertz CT molecular complexity index is 990. The maximum atomic E-state index is 13.2. The van der Waals surface area contributed by atoms with Gasteiger partial charge in [0, 0.05) is 0 Å². The Kier molecular flexibility index (Phi) is 10.3. The van der Waals surface area contributed by atoms with E-state index in [1.807, 2.05) is 30.3 Å². The number of carbonyl (C=O) groups is 2. The molecule has 1 aromatic heterocycles. The van der Waals surface area contributed by atoms with Gasteiger partial charge in [-0.05, 0) is 57.5 Å². The summed E-state index contributed by atoms with van der Waals surface area (Å²) in [6.07, 6.45) is -0.697. The molecule has 0 aliphatic heterocycles. The van der Waals surface area contributed by atoms with Crippen molar-refractivity contribution in [2.45, 2.75) is 71.9 Å². The van der Waals surface area contributed by atoms with Crippen molar-refractivity contribution in [1.29, 1.82) is 0 Å². The molecule has 1 aromatic carbocycles. The lowest BCUT2D eigenvalue weighted by Gasteiger charge is -2.29. The molecule has 2 aromatic rings. The molecular weight excluding hydrogens is 471 g/mol. The van der Waals surface area contributed by atoms with E-state index in [9.17, 15) is 9.59 Å². The van der Waals surface area contributed by atoms with Crippen molar-refractivity contribution in [1.82, 2.24) is 30.8 Å². The zero-order valence-corrected chi connectivity index (χ0v) is 22.1. The molecule has 0 saturated carbocycles. The number of carbonyl (C=O) groups excluding carboxylic acids is 2. The predicted molar refractivity (Wildman–Crippen MR) is 133 cm³/mol. The normalized spacial score (nSPS) is 12.6. The molecule has 2 N–H and O–H groups in total. The van der Waals surface area contributed by atoms with Gasteiger partial charge in [0.1, 0.15) is 17.2 Å². The van der Waals surface area contributed by atoms with Gasteiger partial charge in [0.15, 0.2) is 5.82 Å². The highest BCUT2D eigenvalue weighted by Gasteiger charge is 2.34. The number of hydrogen-bond acceptors (Lipinski definition) is 8. The second-order valence-corrected chi connectivity index (χ2v) is 10.1. The van der Waals surface area contributed by atoms with Gasteiger partial charge in [0.25, 0.3) is 0 Å². The van der Waals surface area contributed by atoms with E-state index in [2.05, 4.69) is 35.0 Å². The fourth-order valence-electron chi connectivity index (χ4n) is 2.91. The molecule has 0 saturated heterocycles. The number of hydrogen-bond donors (Lipinski definition) is 2. The average Bonchev–Trinajstić information content (AvgIpc) is 3.20. The second kappa shape index (κ2) is 12.7. The smallest absolute Gasteiger partial charge is 0.408 e. The third-order valence-corrected chi connectivity index (χ3v) is 4.72. The molecule has 35 heavy (non-hydrogen) atoms. The van der Waals surface area contributed by atoms with E-state index in [4.69, 9.17) is 14.2 Å². The summed E-state index contributed by atoms with van der Waals surface area (Å²) in [7, 11) is 3.30. The molecule has 0 bridgehead atoms. The SMILES string of the molecule is CC(=P)OCCn1nnnc1[C@@H](COCc1ccccc1)NC(=O)C(C)(C)NC(=O)OC(C)(C)C. The summed E-state index contributed by atoms with van der Waals surface area (Å²) < 4.78 is 18.2. The molecule has 1 atom stereocenters. The van der Waals surface area contributed by atoms with Crippen LogP contribution in [0.3, 0.4) is 0 Å². The Hall–Kier alpha value is -2.88. The Balaban J connectivity index is 2.14. The molecule has 11 nitrogen and oxygen atoms in total. The molecule has 0 fully saturated rings. The van der Waals surface area contributed by atoms with Gasteiger partial charge >= 0.3 is 6.09 Å². The monoisotopic (exact) mass is 506 g/mol. The van der Waals surface area contributed by atoms with Gasteiger partial charge in [-0.1, -0.05) is 39.2 Å². The third-order valence-electron chi connectivity index (χ3n) is 4.58. The van der Waals surface area contributed by atoms with Crippen molar-refractivity contribution in [3.05, 3.63) is 41.7 Å². The van der Waals surface area contributed by atoms with Gasteiger partial charge in [-0.2, -0.15) is 0 Å². The van der Waals surface area contributed by atoms with Crippen LogP contribution < -0.4 is 10.6 Å². The van der Waals surface area contributed by atoms with E-state index in [0.29, 0.717) is 31.1 Å². The van der Waals surface area contributed by atoms with Crippen LogP contribution in [0.2, 0.25) is 0 Å². The number of tetrazole rings is 1. The van der Waals surface area contributed by atoms with Crippen LogP contribution in [-0.2, 0) is 32.2 Å². The first-order valence-corrected chi connectivity index (χ1v) is 11.7. The Morgan fingerprint density at radius 1 is 1.14 bits per heavy atom. The Morgan fingerprint density at radius 2 is 1.83 bits per heavy atom. The van der Waals surface area contributed by atoms with E-state index in [-0.39, 0.29) is 6.61 Å². The lowest BCUT2D eigenvalue weighted by molar-refractivity contribution is -0.127. The molecule has 0 spiro atoms. The van der Waals surface area contributed by atoms with Gasteiger partial charge < -0.3 is 24.8 Å². The molecular formula is C23H35N6O5P. The number of nitrogens with zero attached hydrogens (tertiary/aromatic N) is 4. The summed E-state index contributed by atoms with van der Waals surface area (Å²) in [5, 5.41) is 17.4. The minimum absolute atomic E-state index is 0.105. The van der Waals surface area contributed by atoms with Gasteiger partial charge in [0.05, 0.1) is 31.8 Å². The Labute approximate surface area is 208 Å². The Morgan fingerprint density at radius 3 is 2.46 bits per heavy atom. The van der Waals surface area contributed by atoms with Crippen LogP contribution in [0.25, 0.3) is 0 Å². The number of alkyl carbamates (subject to hydrolysis) is 1. The topological polar surface area (TPSA) is 129 Å². The summed E-state index contributed by atoms with van der Waals surface area (Å²) in [4.78, 5) is 25.4. The van der Waals surface area contributed by atoms with Crippen molar-refractivity contribution in [2.75, 3.05) is 13.2 Å². The third kappa shape index (κ3) is 10.1. The number of benzene rings is 1. The fraction of sp³-hybridized carbons (Fsp3) is 0.565. The summed E-state index contributed by atoms with van der Waals surface area (Å²) in [5.41, 5.74) is -0.353. The first kappa shape index (κ1) is 28.4. The van der Waals surface area contributed by atoms with Crippen LogP contribution in [0.1, 0.15) is 59.0 Å². The van der Waals surface area contributed by atoms with E-state index in [1.54, 1.807) is 46.2 Å². The first-order valence-electron chi connectivity index (χ1n) is 11.2. The van der Waals surface area contributed by atoms with Crippen molar-refractivity contribution in [3.8, 4) is 0 Å². The maximum absolute atomic E-state index is 13.2. The van der Waals surface area contributed by atoms with Crippen LogP contribution in [0, 0.1) is 0 Å². The summed E-state index contributed by atoms with van der Waals surface area (Å²) in [6.45, 7) is 11.3. The second-order valence-electron chi connectivity index (χ2n) is 9.44. The number of amides is 2. The van der Waals surface area contributed by atoms with Crippen LogP contribution in [-0.4, -0.2) is 62.0 Å².